The molecule has 0 aromatic rings. The van der Waals surface area contributed by atoms with E-state index in [4.69, 9.17) is 10.00 Å². The van der Waals surface area contributed by atoms with Crippen molar-refractivity contribution >= 4 is 17.5 Å². The number of allylic oxidation sites excluding steroid dienone is 4. The third-order valence-corrected chi connectivity index (χ3v) is 13.4. The molecule has 7 atom stereocenters. The molecule has 6 aliphatic rings. The zero-order valence-electron chi connectivity index (χ0n) is 26.7. The summed E-state index contributed by atoms with van der Waals surface area (Å²) in [4.78, 5) is 32.1. The highest BCUT2D eigenvalue weighted by Gasteiger charge is 2.72. The summed E-state index contributed by atoms with van der Waals surface area (Å²) in [6.45, 7) is 12.6. The summed E-state index contributed by atoms with van der Waals surface area (Å²) in [7, 11) is 1.63. The molecule has 0 aromatic carbocycles. The summed E-state index contributed by atoms with van der Waals surface area (Å²) >= 11 is 0. The summed E-state index contributed by atoms with van der Waals surface area (Å²) in [6.07, 6.45) is 14.2. The Kier molecular flexibility index (Phi) is 6.83. The lowest BCUT2D eigenvalue weighted by atomic mass is 9.36. The maximum absolute atomic E-state index is 14.6. The van der Waals surface area contributed by atoms with E-state index in [1.165, 1.54) is 0 Å². The number of Topliss-reactive ketones (excluding diaryl/α,β-unsaturated/α-hetero) is 1. The summed E-state index contributed by atoms with van der Waals surface area (Å²) in [5, 5.41) is 24.6. The van der Waals surface area contributed by atoms with Gasteiger partial charge < -0.3 is 10.1 Å². The van der Waals surface area contributed by atoms with Crippen LogP contribution in [0.15, 0.2) is 28.3 Å². The average Bonchev–Trinajstić information content (AvgIpc) is 3.75. The fourth-order valence-electron chi connectivity index (χ4n) is 10.9. The second-order valence-electron chi connectivity index (χ2n) is 15.8. The van der Waals surface area contributed by atoms with E-state index in [9.17, 15) is 14.9 Å². The van der Waals surface area contributed by atoms with Crippen LogP contribution in [-0.2, 0) is 14.3 Å². The van der Waals surface area contributed by atoms with Crippen LogP contribution in [0.3, 0.4) is 0 Å². The fourth-order valence-corrected chi connectivity index (χ4v) is 10.9. The second-order valence-corrected chi connectivity index (χ2v) is 15.8. The van der Waals surface area contributed by atoms with E-state index in [-0.39, 0.29) is 51.2 Å². The number of ketones is 2. The Morgan fingerprint density at radius 3 is 2.42 bits per heavy atom. The fraction of sp³-hybridized carbons (Fsp3) is 0.743. The van der Waals surface area contributed by atoms with Gasteiger partial charge in [-0.1, -0.05) is 46.3 Å². The number of hydrogen-bond donors (Lipinski definition) is 2. The number of nitrogens with zero attached hydrogens (tertiary/aromatic N) is 3. The number of nitriles is 2. The number of hydrogen-bond acceptors (Lipinski definition) is 6. The Morgan fingerprint density at radius 1 is 1.05 bits per heavy atom. The third-order valence-electron chi connectivity index (χ3n) is 13.4. The zero-order chi connectivity index (χ0) is 31.1. The topological polar surface area (TPSA) is 127 Å². The van der Waals surface area contributed by atoms with Crippen molar-refractivity contribution in [1.82, 2.24) is 10.6 Å². The van der Waals surface area contributed by atoms with Crippen molar-refractivity contribution in [1.29, 1.82) is 10.5 Å². The zero-order valence-corrected chi connectivity index (χ0v) is 26.7. The molecule has 230 valence electrons. The van der Waals surface area contributed by atoms with Gasteiger partial charge in [-0.2, -0.15) is 10.5 Å². The summed E-state index contributed by atoms with van der Waals surface area (Å²) in [6, 6.07) is 2.24. The quantitative estimate of drug-likeness (QED) is 0.149. The van der Waals surface area contributed by atoms with Gasteiger partial charge >= 0.3 is 0 Å². The van der Waals surface area contributed by atoms with E-state index in [2.05, 4.69) is 56.3 Å². The predicted octanol–water partition coefficient (Wildman–Crippen LogP) is 5.38. The monoisotopic (exact) mass is 585 g/mol. The molecule has 0 aromatic heterocycles. The predicted molar refractivity (Wildman–Crippen MR) is 163 cm³/mol. The largest absolute Gasteiger partial charge is 0.373 e. The van der Waals surface area contributed by atoms with Gasteiger partial charge in [0.05, 0.1) is 17.8 Å². The molecule has 8 nitrogen and oxygen atoms in total. The Bertz CT molecular complexity index is 1430. The molecule has 1 spiro atoms. The number of aliphatic imine (C=N–C) groups is 1. The van der Waals surface area contributed by atoms with Crippen LogP contribution < -0.4 is 10.6 Å². The Hall–Kier alpha value is -2.97. The van der Waals surface area contributed by atoms with Crippen LogP contribution in [0.4, 0.5) is 0 Å². The van der Waals surface area contributed by atoms with Gasteiger partial charge in [0.1, 0.15) is 6.07 Å². The van der Waals surface area contributed by atoms with Crippen LogP contribution >= 0.6 is 0 Å². The smallest absolute Gasteiger partial charge is 0.204 e. The summed E-state index contributed by atoms with van der Waals surface area (Å²) < 4.78 is 6.85. The first-order chi connectivity index (χ1) is 20.3. The summed E-state index contributed by atoms with van der Waals surface area (Å²) in [5.41, 5.74) is -0.136. The van der Waals surface area contributed by atoms with Crippen molar-refractivity contribution in [2.45, 2.75) is 98.0 Å². The number of fused-ring (bicyclic) bond motifs is 8. The standard InChI is InChI=1S/C35H47N5O3/c1-30(2)9-13-35(43-16-15-39-29(38-6)40-21-37)14-10-33(5)27(23(35)19-30)24(41)17-26-31(3)18-22(20-36)28(42)34(11-12-34)25(31)7-8-32(26,33)4/h17-18,23,25,27H,7-16,19H2,1-6H3,(H2,38,39,40)/t23-,25+,27-,31-,32+,33+,35-/m0/s1. The maximum Gasteiger partial charge on any atom is 0.204 e. The van der Waals surface area contributed by atoms with Crippen molar-refractivity contribution in [2.75, 3.05) is 20.2 Å². The lowest BCUT2D eigenvalue weighted by Crippen LogP contribution is -2.66. The molecular formula is C35H47N5O3. The average molecular weight is 586 g/mol. The molecule has 6 rings (SSSR count). The van der Waals surface area contributed by atoms with Crippen molar-refractivity contribution in [3.05, 3.63) is 23.3 Å². The van der Waals surface area contributed by atoms with Crippen LogP contribution in [0, 0.1) is 67.6 Å². The van der Waals surface area contributed by atoms with E-state index in [0.717, 1.165) is 63.4 Å². The highest BCUT2D eigenvalue weighted by Crippen LogP contribution is 2.76. The van der Waals surface area contributed by atoms with Crippen LogP contribution in [0.1, 0.15) is 92.4 Å². The minimum Gasteiger partial charge on any atom is -0.373 e. The van der Waals surface area contributed by atoms with Gasteiger partial charge in [-0.05, 0) is 91.9 Å². The van der Waals surface area contributed by atoms with Gasteiger partial charge in [0.2, 0.25) is 5.96 Å². The highest BCUT2D eigenvalue weighted by atomic mass is 16.5. The molecule has 8 heteroatoms. The lowest BCUT2D eigenvalue weighted by Gasteiger charge is -2.68. The number of guanidine groups is 1. The van der Waals surface area contributed by atoms with Crippen molar-refractivity contribution in [3.8, 4) is 12.3 Å². The van der Waals surface area contributed by atoms with E-state index < -0.39 is 10.8 Å². The first-order valence-electron chi connectivity index (χ1n) is 16.2. The van der Waals surface area contributed by atoms with Gasteiger partial charge in [-0.3, -0.25) is 19.9 Å². The lowest BCUT2D eigenvalue weighted by molar-refractivity contribution is -0.212. The molecule has 2 N–H and O–H groups in total. The molecule has 4 saturated carbocycles. The molecule has 0 unspecified atom stereocenters. The molecule has 0 radical (unpaired) electrons. The Morgan fingerprint density at radius 2 is 1.77 bits per heavy atom. The highest BCUT2D eigenvalue weighted by molar-refractivity contribution is 6.06. The van der Waals surface area contributed by atoms with Gasteiger partial charge in [-0.25, -0.2) is 0 Å². The van der Waals surface area contributed by atoms with Gasteiger partial charge in [0.25, 0.3) is 0 Å². The molecule has 43 heavy (non-hydrogen) atoms. The molecule has 6 aliphatic carbocycles. The first-order valence-corrected chi connectivity index (χ1v) is 16.2. The van der Waals surface area contributed by atoms with Gasteiger partial charge in [0.15, 0.2) is 17.8 Å². The number of ether oxygens (including phenoxy) is 1. The first kappa shape index (κ1) is 30.1. The Balaban J connectivity index is 1.37. The second kappa shape index (κ2) is 9.77. The number of carbonyl (C=O) groups is 2. The third kappa shape index (κ3) is 4.12. The van der Waals surface area contributed by atoms with Crippen molar-refractivity contribution in [2.24, 2.45) is 49.8 Å². The van der Waals surface area contributed by atoms with Gasteiger partial charge in [0, 0.05) is 30.3 Å². The number of carbonyl (C=O) groups excluding carboxylic acids is 2. The van der Waals surface area contributed by atoms with Crippen LogP contribution in [0.5, 0.6) is 0 Å². The minimum atomic E-state index is -0.468. The van der Waals surface area contributed by atoms with Gasteiger partial charge in [-0.15, -0.1) is 0 Å². The normalized spacial score (nSPS) is 42.1. The van der Waals surface area contributed by atoms with E-state index in [1.807, 2.05) is 18.3 Å². The molecule has 4 fully saturated rings. The molecule has 0 amide bonds. The van der Waals surface area contributed by atoms with Crippen LogP contribution in [0.25, 0.3) is 0 Å². The minimum absolute atomic E-state index is 0.0344. The van der Waals surface area contributed by atoms with Crippen molar-refractivity contribution in [3.63, 3.8) is 0 Å². The van der Waals surface area contributed by atoms with Crippen molar-refractivity contribution < 1.29 is 14.3 Å². The molecule has 0 saturated heterocycles. The summed E-state index contributed by atoms with van der Waals surface area (Å²) in [5.74, 6) is 0.771. The maximum atomic E-state index is 14.6. The molecule has 0 heterocycles. The van der Waals surface area contributed by atoms with E-state index in [1.54, 1.807) is 7.05 Å². The van der Waals surface area contributed by atoms with Crippen LogP contribution in [0.2, 0.25) is 0 Å². The number of nitrogens with one attached hydrogen (secondary N) is 2. The molecule has 0 bridgehead atoms. The Labute approximate surface area is 256 Å². The van der Waals surface area contributed by atoms with E-state index in [0.29, 0.717) is 24.7 Å². The molecule has 0 aliphatic heterocycles. The van der Waals surface area contributed by atoms with Crippen LogP contribution in [-0.4, -0.2) is 43.3 Å². The number of rotatable bonds is 4. The van der Waals surface area contributed by atoms with E-state index >= 15 is 0 Å². The molecular weight excluding hydrogens is 538 g/mol. The SMILES string of the molecule is CN=C(NC#N)NCCO[C@]12CCC(C)(C)C[C@H]1[C@H]1C(=O)C=C3[C@@]4(C)C=C(C#N)C(=O)C5(CC5)[C@@H]4CC[C@@]3(C)[C@]1(C)CC2.